The maximum Gasteiger partial charge on any atom is 0.231 e. The van der Waals surface area contributed by atoms with Gasteiger partial charge in [0.25, 0.3) is 0 Å². The van der Waals surface area contributed by atoms with Gasteiger partial charge in [-0.25, -0.2) is 0 Å². The largest absolute Gasteiger partial charge is 0.454 e. The SMILES string of the molecule is Cc1ccc(-c2c(C3CC3)ncc3cc4c(cc23)OCO4)cc1. The molecule has 23 heavy (non-hydrogen) atoms. The van der Waals surface area contributed by atoms with Gasteiger partial charge in [0.2, 0.25) is 6.79 Å². The van der Waals surface area contributed by atoms with Gasteiger partial charge in [0.15, 0.2) is 11.5 Å². The topological polar surface area (TPSA) is 31.4 Å². The van der Waals surface area contributed by atoms with Crippen molar-refractivity contribution in [3.05, 3.63) is 53.9 Å². The molecule has 0 unspecified atom stereocenters. The highest BCUT2D eigenvalue weighted by molar-refractivity contribution is 5.99. The van der Waals surface area contributed by atoms with E-state index >= 15 is 0 Å². The van der Waals surface area contributed by atoms with Crippen molar-refractivity contribution in [1.29, 1.82) is 0 Å². The Hall–Kier alpha value is -2.55. The molecule has 0 spiro atoms. The number of pyridine rings is 1. The van der Waals surface area contributed by atoms with Crippen molar-refractivity contribution < 1.29 is 9.47 Å². The molecule has 1 aromatic heterocycles. The Morgan fingerprint density at radius 1 is 1.00 bits per heavy atom. The van der Waals surface area contributed by atoms with E-state index in [1.165, 1.54) is 40.6 Å². The van der Waals surface area contributed by atoms with Crippen LogP contribution < -0.4 is 9.47 Å². The molecular weight excluding hydrogens is 286 g/mol. The lowest BCUT2D eigenvalue weighted by Gasteiger charge is -2.13. The molecule has 0 N–H and O–H groups in total. The molecule has 3 aromatic rings. The second kappa shape index (κ2) is 4.72. The average molecular weight is 303 g/mol. The Kier molecular flexibility index (Phi) is 2.66. The summed E-state index contributed by atoms with van der Waals surface area (Å²) in [5.74, 6) is 2.24. The Morgan fingerprint density at radius 2 is 1.74 bits per heavy atom. The highest BCUT2D eigenvalue weighted by atomic mass is 16.7. The molecule has 0 radical (unpaired) electrons. The summed E-state index contributed by atoms with van der Waals surface area (Å²) < 4.78 is 11.1. The first-order valence-electron chi connectivity index (χ1n) is 8.09. The average Bonchev–Trinajstić information content (AvgIpc) is 3.31. The number of rotatable bonds is 2. The number of nitrogens with zero attached hydrogens (tertiary/aromatic N) is 1. The van der Waals surface area contributed by atoms with Crippen LogP contribution in [0.5, 0.6) is 11.5 Å². The molecule has 3 heteroatoms. The Bertz CT molecular complexity index is 911. The monoisotopic (exact) mass is 303 g/mol. The zero-order valence-electron chi connectivity index (χ0n) is 13.0. The molecule has 1 aliphatic heterocycles. The molecule has 3 nitrogen and oxygen atoms in total. The van der Waals surface area contributed by atoms with Gasteiger partial charge in [-0.3, -0.25) is 4.98 Å². The minimum atomic E-state index is 0.300. The van der Waals surface area contributed by atoms with Crippen molar-refractivity contribution in [2.45, 2.75) is 25.7 Å². The number of benzene rings is 2. The molecule has 5 rings (SSSR count). The van der Waals surface area contributed by atoms with E-state index in [2.05, 4.69) is 37.3 Å². The van der Waals surface area contributed by atoms with E-state index in [1.807, 2.05) is 12.3 Å². The number of fused-ring (bicyclic) bond motifs is 2. The molecule has 0 saturated heterocycles. The summed E-state index contributed by atoms with van der Waals surface area (Å²) in [5.41, 5.74) is 4.98. The fraction of sp³-hybridized carbons (Fsp3) is 0.250. The molecule has 1 saturated carbocycles. The summed E-state index contributed by atoms with van der Waals surface area (Å²) >= 11 is 0. The van der Waals surface area contributed by atoms with Crippen molar-refractivity contribution in [2.75, 3.05) is 6.79 Å². The van der Waals surface area contributed by atoms with Crippen LogP contribution in [0.2, 0.25) is 0 Å². The quantitative estimate of drug-likeness (QED) is 0.680. The smallest absolute Gasteiger partial charge is 0.231 e. The maximum absolute atomic E-state index is 5.59. The Labute approximate surface area is 134 Å². The first kappa shape index (κ1) is 12.9. The Balaban J connectivity index is 1.82. The normalized spacial score (nSPS) is 16.0. The van der Waals surface area contributed by atoms with Crippen LogP contribution in [0.25, 0.3) is 21.9 Å². The van der Waals surface area contributed by atoms with Gasteiger partial charge in [0.05, 0.1) is 5.69 Å². The van der Waals surface area contributed by atoms with Crippen LogP contribution in [0, 0.1) is 6.92 Å². The van der Waals surface area contributed by atoms with Gasteiger partial charge in [-0.1, -0.05) is 29.8 Å². The van der Waals surface area contributed by atoms with Gasteiger partial charge in [-0.15, -0.1) is 0 Å². The minimum absolute atomic E-state index is 0.300. The molecule has 1 fully saturated rings. The summed E-state index contributed by atoms with van der Waals surface area (Å²) in [4.78, 5) is 4.80. The minimum Gasteiger partial charge on any atom is -0.454 e. The summed E-state index contributed by atoms with van der Waals surface area (Å²) in [5, 5.41) is 2.31. The number of ether oxygens (including phenoxy) is 2. The first-order valence-corrected chi connectivity index (χ1v) is 8.09. The lowest BCUT2D eigenvalue weighted by atomic mass is 9.94. The van der Waals surface area contributed by atoms with E-state index in [0.29, 0.717) is 12.7 Å². The van der Waals surface area contributed by atoms with Gasteiger partial charge in [-0.2, -0.15) is 0 Å². The van der Waals surface area contributed by atoms with Crippen molar-refractivity contribution in [3.63, 3.8) is 0 Å². The molecule has 0 amide bonds. The van der Waals surface area contributed by atoms with Crippen LogP contribution in [-0.4, -0.2) is 11.8 Å². The molecule has 2 aliphatic rings. The molecule has 1 aliphatic carbocycles. The number of hydrogen-bond donors (Lipinski definition) is 0. The highest BCUT2D eigenvalue weighted by Crippen LogP contribution is 2.47. The molecule has 0 atom stereocenters. The van der Waals surface area contributed by atoms with Gasteiger partial charge in [0.1, 0.15) is 0 Å². The van der Waals surface area contributed by atoms with Crippen LogP contribution in [0.4, 0.5) is 0 Å². The van der Waals surface area contributed by atoms with Crippen molar-refractivity contribution in [3.8, 4) is 22.6 Å². The van der Waals surface area contributed by atoms with Crippen LogP contribution >= 0.6 is 0 Å². The van der Waals surface area contributed by atoms with Crippen molar-refractivity contribution >= 4 is 10.8 Å². The Morgan fingerprint density at radius 3 is 2.48 bits per heavy atom. The third-order valence-corrected chi connectivity index (χ3v) is 4.72. The van der Waals surface area contributed by atoms with E-state index < -0.39 is 0 Å². The standard InChI is InChI=1S/C20H17NO2/c1-12-2-4-13(5-3-12)19-16-9-18-17(22-11-23-18)8-15(16)10-21-20(19)14-6-7-14/h2-5,8-10,14H,6-7,11H2,1H3. The maximum atomic E-state index is 5.59. The van der Waals surface area contributed by atoms with Crippen molar-refractivity contribution in [1.82, 2.24) is 4.98 Å². The van der Waals surface area contributed by atoms with Gasteiger partial charge in [-0.05, 0) is 42.8 Å². The third-order valence-electron chi connectivity index (χ3n) is 4.72. The van der Waals surface area contributed by atoms with Crippen LogP contribution in [-0.2, 0) is 0 Å². The zero-order valence-corrected chi connectivity index (χ0v) is 13.0. The summed E-state index contributed by atoms with van der Waals surface area (Å²) in [6.45, 7) is 2.42. The highest BCUT2D eigenvalue weighted by Gasteiger charge is 2.29. The fourth-order valence-electron chi connectivity index (χ4n) is 3.31. The molecule has 0 bridgehead atoms. The predicted octanol–water partition coefficient (Wildman–Crippen LogP) is 4.82. The fourth-order valence-corrected chi connectivity index (χ4v) is 3.31. The molecule has 2 aromatic carbocycles. The van der Waals surface area contributed by atoms with Crippen LogP contribution in [0.3, 0.4) is 0 Å². The number of aromatic nitrogens is 1. The second-order valence-electron chi connectivity index (χ2n) is 6.45. The first-order chi connectivity index (χ1) is 11.3. The van der Waals surface area contributed by atoms with Crippen LogP contribution in [0.1, 0.15) is 30.0 Å². The van der Waals surface area contributed by atoms with E-state index in [4.69, 9.17) is 14.5 Å². The molecule has 2 heterocycles. The van der Waals surface area contributed by atoms with Crippen LogP contribution in [0.15, 0.2) is 42.6 Å². The molecular formula is C20H17NO2. The number of hydrogen-bond acceptors (Lipinski definition) is 3. The second-order valence-corrected chi connectivity index (χ2v) is 6.45. The van der Waals surface area contributed by atoms with Gasteiger partial charge >= 0.3 is 0 Å². The van der Waals surface area contributed by atoms with E-state index in [1.54, 1.807) is 0 Å². The predicted molar refractivity (Wildman–Crippen MR) is 90.0 cm³/mol. The van der Waals surface area contributed by atoms with Crippen molar-refractivity contribution in [2.24, 2.45) is 0 Å². The van der Waals surface area contributed by atoms with Gasteiger partial charge < -0.3 is 9.47 Å². The van der Waals surface area contributed by atoms with Gasteiger partial charge in [0, 0.05) is 23.1 Å². The lowest BCUT2D eigenvalue weighted by molar-refractivity contribution is 0.174. The summed E-state index contributed by atoms with van der Waals surface area (Å²) in [7, 11) is 0. The number of aryl methyl sites for hydroxylation is 1. The third kappa shape index (κ3) is 2.07. The molecule has 114 valence electrons. The zero-order chi connectivity index (χ0) is 15.4. The van der Waals surface area contributed by atoms with E-state index in [9.17, 15) is 0 Å². The summed E-state index contributed by atoms with van der Waals surface area (Å²) in [6, 6.07) is 12.9. The van der Waals surface area contributed by atoms with E-state index in [0.717, 1.165) is 16.9 Å². The lowest BCUT2D eigenvalue weighted by Crippen LogP contribution is -1.94. The van der Waals surface area contributed by atoms with E-state index in [-0.39, 0.29) is 0 Å². The summed E-state index contributed by atoms with van der Waals surface area (Å²) in [6.07, 6.45) is 4.45.